The van der Waals surface area contributed by atoms with Crippen molar-refractivity contribution in [3.63, 3.8) is 0 Å². The quantitative estimate of drug-likeness (QED) is 0.738. The largest absolute Gasteiger partial charge is 0.421 e. The Morgan fingerprint density at radius 3 is 2.37 bits per heavy atom. The molecule has 2 N–H and O–H groups in total. The van der Waals surface area contributed by atoms with Crippen molar-refractivity contribution >= 4 is 17.5 Å². The zero-order chi connectivity index (χ0) is 21.7. The van der Waals surface area contributed by atoms with Crippen LogP contribution in [0, 0.1) is 5.92 Å². The Morgan fingerprint density at radius 1 is 1.10 bits per heavy atom. The van der Waals surface area contributed by atoms with Crippen LogP contribution >= 0.6 is 0 Å². The molecule has 0 bridgehead atoms. The molecule has 0 aromatic carbocycles. The van der Waals surface area contributed by atoms with Gasteiger partial charge in [-0.2, -0.15) is 38.3 Å². The molecule has 162 valence electrons. The summed E-state index contributed by atoms with van der Waals surface area (Å²) < 4.78 is 39.9. The van der Waals surface area contributed by atoms with E-state index >= 15 is 0 Å². The van der Waals surface area contributed by atoms with Crippen LogP contribution in [-0.4, -0.2) is 54.9 Å². The molecule has 0 saturated heterocycles. The third kappa shape index (κ3) is 3.77. The van der Waals surface area contributed by atoms with Gasteiger partial charge in [-0.3, -0.25) is 5.01 Å². The number of hydrazone groups is 1. The first-order valence-corrected chi connectivity index (χ1v) is 9.73. The summed E-state index contributed by atoms with van der Waals surface area (Å²) in [6.07, 6.45) is 0.835. The smallest absolute Gasteiger partial charge is 0.367 e. The zero-order valence-electron chi connectivity index (χ0n) is 17.1. The van der Waals surface area contributed by atoms with Crippen LogP contribution in [-0.2, 0) is 11.7 Å². The normalized spacial score (nSPS) is 22.2. The number of nitrogens with one attached hydrogen (secondary N) is 2. The third-order valence-electron chi connectivity index (χ3n) is 5.41. The van der Waals surface area contributed by atoms with Crippen molar-refractivity contribution in [1.82, 2.24) is 30.0 Å². The van der Waals surface area contributed by atoms with E-state index in [0.29, 0.717) is 0 Å². The number of aromatic nitrogens is 5. The minimum Gasteiger partial charge on any atom is -0.367 e. The predicted octanol–water partition coefficient (Wildman–Crippen LogP) is 2.77. The molecule has 12 heteroatoms. The van der Waals surface area contributed by atoms with Crippen molar-refractivity contribution in [2.24, 2.45) is 11.0 Å². The van der Waals surface area contributed by atoms with Crippen molar-refractivity contribution in [3.05, 3.63) is 24.2 Å². The Labute approximate surface area is 171 Å². The third-order valence-corrected chi connectivity index (χ3v) is 5.41. The summed E-state index contributed by atoms with van der Waals surface area (Å²) >= 11 is 0. The van der Waals surface area contributed by atoms with Crippen molar-refractivity contribution in [3.8, 4) is 0 Å². The molecular weight excluding hydrogens is 399 g/mol. The standard InChI is InChI=1S/C18H24F3N9/c1-10-13(17(2,3)30-23-7-8-24-30)28-29(4)15(10)27-16-22-9-12(18(19,20)21)14(26-16)25-11-5-6-11/h7-11,15H,5-6H2,1-4H3,(H2,22,25,26,27). The van der Waals surface area contributed by atoms with Gasteiger partial charge in [-0.25, -0.2) is 4.98 Å². The first kappa shape index (κ1) is 20.4. The number of anilines is 2. The van der Waals surface area contributed by atoms with Crippen LogP contribution in [0.2, 0.25) is 0 Å². The fraction of sp³-hybridized carbons (Fsp3) is 0.611. The lowest BCUT2D eigenvalue weighted by molar-refractivity contribution is -0.137. The molecule has 0 spiro atoms. The topological polar surface area (TPSA) is 96.2 Å². The molecular formula is C18H24F3N9. The second-order valence-electron chi connectivity index (χ2n) is 8.19. The fourth-order valence-electron chi connectivity index (χ4n) is 3.62. The monoisotopic (exact) mass is 423 g/mol. The molecule has 1 fully saturated rings. The first-order chi connectivity index (χ1) is 14.1. The maximum Gasteiger partial charge on any atom is 0.421 e. The fourth-order valence-corrected chi connectivity index (χ4v) is 3.62. The molecule has 1 saturated carbocycles. The van der Waals surface area contributed by atoms with E-state index in [2.05, 4.69) is 35.9 Å². The molecule has 0 radical (unpaired) electrons. The highest BCUT2D eigenvalue weighted by Gasteiger charge is 2.43. The number of alkyl halides is 3. The van der Waals surface area contributed by atoms with Gasteiger partial charge in [-0.1, -0.05) is 6.92 Å². The number of rotatable bonds is 6. The molecule has 4 rings (SSSR count). The van der Waals surface area contributed by atoms with E-state index in [1.54, 1.807) is 29.2 Å². The van der Waals surface area contributed by atoms with Crippen LogP contribution in [0.3, 0.4) is 0 Å². The lowest BCUT2D eigenvalue weighted by atomic mass is 9.88. The highest BCUT2D eigenvalue weighted by atomic mass is 19.4. The summed E-state index contributed by atoms with van der Waals surface area (Å²) in [5.41, 5.74) is -0.606. The van der Waals surface area contributed by atoms with Crippen molar-refractivity contribution in [1.29, 1.82) is 0 Å². The van der Waals surface area contributed by atoms with E-state index in [-0.39, 0.29) is 29.9 Å². The van der Waals surface area contributed by atoms with Crippen LogP contribution < -0.4 is 10.6 Å². The molecule has 2 atom stereocenters. The van der Waals surface area contributed by atoms with Crippen LogP contribution in [0.5, 0.6) is 0 Å². The van der Waals surface area contributed by atoms with Crippen LogP contribution in [0.1, 0.15) is 39.2 Å². The Bertz CT molecular complexity index is 935. The lowest BCUT2D eigenvalue weighted by Gasteiger charge is -2.28. The van der Waals surface area contributed by atoms with E-state index in [4.69, 9.17) is 0 Å². The van der Waals surface area contributed by atoms with Gasteiger partial charge in [0.05, 0.1) is 18.1 Å². The predicted molar refractivity (Wildman–Crippen MR) is 105 cm³/mol. The van der Waals surface area contributed by atoms with Crippen LogP contribution in [0.15, 0.2) is 23.7 Å². The first-order valence-electron chi connectivity index (χ1n) is 9.73. The lowest BCUT2D eigenvalue weighted by Crippen LogP contribution is -2.44. The summed E-state index contributed by atoms with van der Waals surface area (Å²) in [4.78, 5) is 9.63. The molecule has 0 amide bonds. The van der Waals surface area contributed by atoms with E-state index in [1.165, 1.54) is 0 Å². The number of hydrogen-bond donors (Lipinski definition) is 2. The number of halogens is 3. The van der Waals surface area contributed by atoms with Gasteiger partial charge in [-0.15, -0.1) is 0 Å². The number of hydrogen-bond acceptors (Lipinski definition) is 8. The zero-order valence-corrected chi connectivity index (χ0v) is 17.1. The molecule has 9 nitrogen and oxygen atoms in total. The molecule has 2 unspecified atom stereocenters. The minimum absolute atomic E-state index is 0.0271. The van der Waals surface area contributed by atoms with E-state index < -0.39 is 17.3 Å². The van der Waals surface area contributed by atoms with Gasteiger partial charge in [0.2, 0.25) is 5.95 Å². The average molecular weight is 423 g/mol. The average Bonchev–Trinajstić information content (AvgIpc) is 3.19. The second kappa shape index (κ2) is 7.10. The summed E-state index contributed by atoms with van der Waals surface area (Å²) in [6.45, 7) is 5.91. The molecule has 30 heavy (non-hydrogen) atoms. The van der Waals surface area contributed by atoms with E-state index in [0.717, 1.165) is 24.8 Å². The van der Waals surface area contributed by atoms with Gasteiger partial charge in [0, 0.05) is 25.2 Å². The Kier molecular flexibility index (Phi) is 4.82. The number of nitrogens with zero attached hydrogens (tertiary/aromatic N) is 7. The van der Waals surface area contributed by atoms with Gasteiger partial charge < -0.3 is 10.6 Å². The second-order valence-corrected chi connectivity index (χ2v) is 8.19. The van der Waals surface area contributed by atoms with Crippen LogP contribution in [0.25, 0.3) is 0 Å². The minimum atomic E-state index is -4.52. The summed E-state index contributed by atoms with van der Waals surface area (Å²) in [5.74, 6) is -0.180. The highest BCUT2D eigenvalue weighted by molar-refractivity contribution is 5.94. The van der Waals surface area contributed by atoms with Crippen LogP contribution in [0.4, 0.5) is 24.9 Å². The van der Waals surface area contributed by atoms with Crippen molar-refractivity contribution < 1.29 is 13.2 Å². The highest BCUT2D eigenvalue weighted by Crippen LogP contribution is 2.36. The molecule has 2 aliphatic rings. The maximum absolute atomic E-state index is 13.3. The van der Waals surface area contributed by atoms with Crippen molar-refractivity contribution in [2.45, 2.75) is 57.5 Å². The SMILES string of the molecule is CC1C(C(C)(C)n2nccn2)=NN(C)C1Nc1ncc(C(F)(F)F)c(NC2CC2)n1. The van der Waals surface area contributed by atoms with E-state index in [1.807, 2.05) is 20.8 Å². The van der Waals surface area contributed by atoms with Gasteiger partial charge in [0.25, 0.3) is 0 Å². The molecule has 2 aromatic rings. The van der Waals surface area contributed by atoms with Gasteiger partial charge in [0.1, 0.15) is 23.1 Å². The molecule has 1 aliphatic heterocycles. The summed E-state index contributed by atoms with van der Waals surface area (Å²) in [6, 6.07) is 0.0271. The van der Waals surface area contributed by atoms with Gasteiger partial charge >= 0.3 is 6.18 Å². The Morgan fingerprint density at radius 2 is 1.77 bits per heavy atom. The van der Waals surface area contributed by atoms with E-state index in [9.17, 15) is 13.2 Å². The molecule has 3 heterocycles. The Hall–Kier alpha value is -2.92. The molecule has 1 aliphatic carbocycles. The Balaban J connectivity index is 1.56. The summed E-state index contributed by atoms with van der Waals surface area (Å²) in [5, 5.41) is 20.8. The van der Waals surface area contributed by atoms with Crippen molar-refractivity contribution in [2.75, 3.05) is 17.7 Å². The van der Waals surface area contributed by atoms with Gasteiger partial charge in [-0.05, 0) is 26.7 Å². The summed E-state index contributed by atoms with van der Waals surface area (Å²) in [7, 11) is 1.79. The van der Waals surface area contributed by atoms with Gasteiger partial charge in [0.15, 0.2) is 0 Å². The maximum atomic E-state index is 13.3. The molecule has 2 aromatic heterocycles.